The van der Waals surface area contributed by atoms with Crippen molar-refractivity contribution in [3.05, 3.63) is 133 Å². The molecule has 0 amide bonds. The maximum Gasteiger partial charge on any atom is 0.0541 e. The molecule has 7 aromatic rings. The molecule has 0 radical (unpaired) electrons. The van der Waals surface area contributed by atoms with E-state index in [1.54, 1.807) is 5.56 Å². The first-order valence-corrected chi connectivity index (χ1v) is 14.1. The summed E-state index contributed by atoms with van der Waals surface area (Å²) in [5.41, 5.74) is 11.8. The van der Waals surface area contributed by atoms with Crippen LogP contribution in [0.25, 0.3) is 55.2 Å². The normalized spacial score (nSPS) is 15.3. The molecule has 39 heavy (non-hydrogen) atoms. The number of benzene rings is 5. The summed E-state index contributed by atoms with van der Waals surface area (Å²) in [7, 11) is 0. The molecule has 2 heteroatoms. The van der Waals surface area contributed by atoms with Gasteiger partial charge in [-0.25, -0.2) is 0 Å². The van der Waals surface area contributed by atoms with E-state index < -0.39 is 0 Å². The van der Waals surface area contributed by atoms with E-state index >= 15 is 0 Å². The number of aromatic nitrogens is 2. The van der Waals surface area contributed by atoms with Gasteiger partial charge in [-0.15, -0.1) is 0 Å². The predicted molar refractivity (Wildman–Crippen MR) is 164 cm³/mol. The van der Waals surface area contributed by atoms with Gasteiger partial charge in [-0.1, -0.05) is 85.8 Å². The maximum absolute atomic E-state index is 2.51. The minimum Gasteiger partial charge on any atom is -0.313 e. The first-order chi connectivity index (χ1) is 19.3. The molecule has 1 aliphatic rings. The third-order valence-corrected chi connectivity index (χ3v) is 8.72. The first-order valence-electron chi connectivity index (χ1n) is 14.1. The lowest BCUT2D eigenvalue weighted by Gasteiger charge is -2.21. The van der Waals surface area contributed by atoms with E-state index in [4.69, 9.17) is 0 Å². The Balaban J connectivity index is 1.18. The third kappa shape index (κ3) is 3.41. The lowest BCUT2D eigenvalue weighted by molar-refractivity contribution is 0.581. The lowest BCUT2D eigenvalue weighted by atomic mass is 9.86. The summed E-state index contributed by atoms with van der Waals surface area (Å²) in [5.74, 6) is 0.618. The quantitative estimate of drug-likeness (QED) is 0.227. The molecule has 0 N–H and O–H groups in total. The second-order valence-electron chi connectivity index (χ2n) is 11.0. The molecule has 5 aromatic carbocycles. The molecular weight excluding hydrogens is 472 g/mol. The zero-order chi connectivity index (χ0) is 25.9. The van der Waals surface area contributed by atoms with E-state index in [2.05, 4.69) is 137 Å². The molecule has 8 rings (SSSR count). The molecular formula is C37H30N2. The Morgan fingerprint density at radius 2 is 0.974 bits per heavy atom. The SMILES string of the molecule is CC1CCCc2c1c1ccccc1n2-c1ccc(-c2ccc(-n3c4ccccc4c4ccccc43)cc2)cc1. The standard InChI is InChI=1S/C37H30N2/c1-25-9-8-16-36-37(25)32-12-4-7-15-35(32)39(36)29-23-19-27(20-24-29)26-17-21-28(22-18-26)38-33-13-5-2-10-30(33)31-11-3-6-14-34(31)38/h2-7,10-15,17-25H,8-9,16H2,1H3. The molecule has 0 spiro atoms. The Morgan fingerprint density at radius 3 is 1.54 bits per heavy atom. The number of hydrogen-bond donors (Lipinski definition) is 0. The van der Waals surface area contributed by atoms with Crippen LogP contribution >= 0.6 is 0 Å². The van der Waals surface area contributed by atoms with Gasteiger partial charge >= 0.3 is 0 Å². The summed E-state index contributed by atoms with van der Waals surface area (Å²) in [4.78, 5) is 0. The van der Waals surface area contributed by atoms with Gasteiger partial charge in [0.05, 0.1) is 16.6 Å². The Kier molecular flexibility index (Phi) is 5.03. The van der Waals surface area contributed by atoms with Crippen LogP contribution < -0.4 is 0 Å². The summed E-state index contributed by atoms with van der Waals surface area (Å²) in [6.45, 7) is 2.39. The third-order valence-electron chi connectivity index (χ3n) is 8.72. The van der Waals surface area contributed by atoms with Crippen LogP contribution in [0, 0.1) is 0 Å². The Morgan fingerprint density at radius 1 is 0.513 bits per heavy atom. The van der Waals surface area contributed by atoms with Gasteiger partial charge in [0.15, 0.2) is 0 Å². The molecule has 0 fully saturated rings. The maximum atomic E-state index is 2.51. The molecule has 0 bridgehead atoms. The molecule has 0 saturated heterocycles. The number of fused-ring (bicyclic) bond motifs is 6. The Hall–Kier alpha value is -4.56. The number of hydrogen-bond acceptors (Lipinski definition) is 0. The Bertz CT molecular complexity index is 1930. The molecule has 2 aromatic heterocycles. The molecule has 2 nitrogen and oxygen atoms in total. The van der Waals surface area contributed by atoms with Crippen LogP contribution in [0.1, 0.15) is 36.9 Å². The highest BCUT2D eigenvalue weighted by Crippen LogP contribution is 2.40. The topological polar surface area (TPSA) is 9.86 Å². The molecule has 0 saturated carbocycles. The highest BCUT2D eigenvalue weighted by Gasteiger charge is 2.25. The second-order valence-corrected chi connectivity index (χ2v) is 11.0. The van der Waals surface area contributed by atoms with Crippen molar-refractivity contribution in [2.24, 2.45) is 0 Å². The van der Waals surface area contributed by atoms with Crippen molar-refractivity contribution in [2.45, 2.75) is 32.1 Å². The van der Waals surface area contributed by atoms with E-state index in [9.17, 15) is 0 Å². The van der Waals surface area contributed by atoms with Gasteiger partial charge < -0.3 is 9.13 Å². The zero-order valence-electron chi connectivity index (χ0n) is 22.1. The highest BCUT2D eigenvalue weighted by molar-refractivity contribution is 6.09. The molecule has 1 unspecified atom stereocenters. The van der Waals surface area contributed by atoms with Gasteiger partial charge in [0, 0.05) is 33.2 Å². The molecule has 1 atom stereocenters. The summed E-state index contributed by atoms with van der Waals surface area (Å²) in [6.07, 6.45) is 3.70. The van der Waals surface area contributed by atoms with E-state index in [0.29, 0.717) is 5.92 Å². The van der Waals surface area contributed by atoms with Crippen LogP contribution in [0.2, 0.25) is 0 Å². The van der Waals surface area contributed by atoms with Crippen LogP contribution in [-0.2, 0) is 6.42 Å². The van der Waals surface area contributed by atoms with Gasteiger partial charge in [0.2, 0.25) is 0 Å². The molecule has 188 valence electrons. The van der Waals surface area contributed by atoms with Crippen molar-refractivity contribution in [2.75, 3.05) is 0 Å². The Labute approximate surface area is 228 Å². The van der Waals surface area contributed by atoms with Crippen molar-refractivity contribution in [3.63, 3.8) is 0 Å². The van der Waals surface area contributed by atoms with Crippen LogP contribution in [0.5, 0.6) is 0 Å². The zero-order valence-corrected chi connectivity index (χ0v) is 22.1. The van der Waals surface area contributed by atoms with Gasteiger partial charge in [-0.05, 0) is 84.3 Å². The number of para-hydroxylation sites is 3. The van der Waals surface area contributed by atoms with Crippen LogP contribution in [-0.4, -0.2) is 9.13 Å². The van der Waals surface area contributed by atoms with Crippen LogP contribution in [0.4, 0.5) is 0 Å². The molecule has 0 aliphatic heterocycles. The smallest absolute Gasteiger partial charge is 0.0541 e. The van der Waals surface area contributed by atoms with Gasteiger partial charge in [-0.3, -0.25) is 0 Å². The van der Waals surface area contributed by atoms with Crippen molar-refractivity contribution in [1.29, 1.82) is 0 Å². The van der Waals surface area contributed by atoms with Gasteiger partial charge in [-0.2, -0.15) is 0 Å². The minimum atomic E-state index is 0.618. The molecule has 1 aliphatic carbocycles. The van der Waals surface area contributed by atoms with Crippen molar-refractivity contribution < 1.29 is 0 Å². The highest BCUT2D eigenvalue weighted by atomic mass is 15.0. The predicted octanol–water partition coefficient (Wildman–Crippen LogP) is 9.83. The average Bonchev–Trinajstić information content (AvgIpc) is 3.51. The van der Waals surface area contributed by atoms with Crippen LogP contribution in [0.3, 0.4) is 0 Å². The van der Waals surface area contributed by atoms with Crippen LogP contribution in [0.15, 0.2) is 121 Å². The summed E-state index contributed by atoms with van der Waals surface area (Å²) < 4.78 is 4.88. The van der Waals surface area contributed by atoms with Gasteiger partial charge in [0.1, 0.15) is 0 Å². The van der Waals surface area contributed by atoms with Crippen molar-refractivity contribution in [1.82, 2.24) is 9.13 Å². The fraction of sp³-hybridized carbons (Fsp3) is 0.135. The van der Waals surface area contributed by atoms with E-state index in [1.165, 1.54) is 73.7 Å². The van der Waals surface area contributed by atoms with E-state index in [0.717, 1.165) is 6.42 Å². The summed E-state index contributed by atoms with van der Waals surface area (Å²) in [6, 6.07) is 44.4. The van der Waals surface area contributed by atoms with E-state index in [-0.39, 0.29) is 0 Å². The minimum absolute atomic E-state index is 0.618. The number of rotatable bonds is 3. The lowest BCUT2D eigenvalue weighted by Crippen LogP contribution is -2.09. The number of nitrogens with zero attached hydrogens (tertiary/aromatic N) is 2. The largest absolute Gasteiger partial charge is 0.313 e. The molecule has 2 heterocycles. The summed E-state index contributed by atoms with van der Waals surface area (Å²) in [5, 5.41) is 4.01. The fourth-order valence-corrected chi connectivity index (χ4v) is 6.94. The van der Waals surface area contributed by atoms with Gasteiger partial charge in [0.25, 0.3) is 0 Å². The second kappa shape index (κ2) is 8.74. The summed E-state index contributed by atoms with van der Waals surface area (Å²) >= 11 is 0. The van der Waals surface area contributed by atoms with E-state index in [1.807, 2.05) is 0 Å². The first kappa shape index (κ1) is 22.4. The monoisotopic (exact) mass is 502 g/mol. The van der Waals surface area contributed by atoms with Crippen molar-refractivity contribution >= 4 is 32.7 Å². The fourth-order valence-electron chi connectivity index (χ4n) is 6.94. The van der Waals surface area contributed by atoms with Crippen molar-refractivity contribution in [3.8, 4) is 22.5 Å². The average molecular weight is 503 g/mol.